The lowest BCUT2D eigenvalue weighted by molar-refractivity contribution is 0.0933. The van der Waals surface area contributed by atoms with Gasteiger partial charge in [-0.3, -0.25) is 4.79 Å². The number of nitrogens with one attached hydrogen (secondary N) is 1. The van der Waals surface area contributed by atoms with Crippen LogP contribution in [0.25, 0.3) is 0 Å². The number of anilines is 1. The van der Waals surface area contributed by atoms with Gasteiger partial charge in [-0.1, -0.05) is 46.8 Å². The molecule has 1 amide bonds. The molecule has 1 aliphatic carbocycles. The summed E-state index contributed by atoms with van der Waals surface area (Å²) in [5, 5.41) is 16.0. The van der Waals surface area contributed by atoms with Gasteiger partial charge in [0.05, 0.1) is 0 Å². The van der Waals surface area contributed by atoms with Gasteiger partial charge in [-0.2, -0.15) is 0 Å². The zero-order valence-corrected chi connectivity index (χ0v) is 14.3. The highest BCUT2D eigenvalue weighted by Crippen LogP contribution is 2.28. The van der Waals surface area contributed by atoms with E-state index in [1.165, 1.54) is 11.3 Å². The lowest BCUT2D eigenvalue weighted by atomic mass is 9.96. The summed E-state index contributed by atoms with van der Waals surface area (Å²) in [6.07, 6.45) is 3.78. The van der Waals surface area contributed by atoms with Crippen LogP contribution in [0.5, 0.6) is 0 Å². The van der Waals surface area contributed by atoms with Crippen molar-refractivity contribution in [1.82, 2.24) is 20.7 Å². The second kappa shape index (κ2) is 6.64. The standard InChI is InChI=1S/C17H17N5O2S/c18-17-21-20-16(25-17)13(10-6-2-1-3-7-10)19-15(23)14-11-8-4-5-9-12(11)24-22-14/h1-3,6-7,13H,4-5,8-9H2,(H2,18,21)(H,19,23). The molecule has 0 radical (unpaired) electrons. The monoisotopic (exact) mass is 355 g/mol. The summed E-state index contributed by atoms with van der Waals surface area (Å²) in [4.78, 5) is 12.8. The number of fused-ring (bicyclic) bond motifs is 1. The number of nitrogens with two attached hydrogens (primary N) is 1. The molecule has 0 saturated heterocycles. The number of amides is 1. The Morgan fingerprint density at radius 2 is 2.00 bits per heavy atom. The molecule has 1 unspecified atom stereocenters. The number of aryl methyl sites for hydroxylation is 1. The van der Waals surface area contributed by atoms with E-state index in [9.17, 15) is 4.79 Å². The number of hydrogen-bond acceptors (Lipinski definition) is 7. The first-order valence-electron chi connectivity index (χ1n) is 8.14. The van der Waals surface area contributed by atoms with Crippen LogP contribution in [0.1, 0.15) is 51.3 Å². The maximum Gasteiger partial charge on any atom is 0.274 e. The van der Waals surface area contributed by atoms with Crippen molar-refractivity contribution < 1.29 is 9.32 Å². The number of nitrogen functional groups attached to an aromatic ring is 1. The minimum Gasteiger partial charge on any atom is -0.374 e. The topological polar surface area (TPSA) is 107 Å². The second-order valence-electron chi connectivity index (χ2n) is 5.94. The molecule has 1 atom stereocenters. The van der Waals surface area contributed by atoms with Crippen molar-refractivity contribution in [2.45, 2.75) is 31.7 Å². The summed E-state index contributed by atoms with van der Waals surface area (Å²) < 4.78 is 5.35. The van der Waals surface area contributed by atoms with Gasteiger partial charge in [0.2, 0.25) is 5.13 Å². The van der Waals surface area contributed by atoms with Crippen LogP contribution in [0.2, 0.25) is 0 Å². The molecule has 1 aliphatic rings. The number of carbonyl (C=O) groups is 1. The van der Waals surface area contributed by atoms with Crippen LogP contribution in [0, 0.1) is 0 Å². The molecule has 25 heavy (non-hydrogen) atoms. The summed E-state index contributed by atoms with van der Waals surface area (Å²) in [5.74, 6) is 0.558. The Balaban J connectivity index is 1.65. The van der Waals surface area contributed by atoms with E-state index in [2.05, 4.69) is 20.7 Å². The zero-order chi connectivity index (χ0) is 17.2. The van der Waals surface area contributed by atoms with E-state index in [1.807, 2.05) is 30.3 Å². The molecule has 128 valence electrons. The van der Waals surface area contributed by atoms with Gasteiger partial charge in [-0.15, -0.1) is 10.2 Å². The van der Waals surface area contributed by atoms with Gasteiger partial charge in [0.25, 0.3) is 5.91 Å². The number of carbonyl (C=O) groups excluding carboxylic acids is 1. The van der Waals surface area contributed by atoms with Crippen molar-refractivity contribution in [1.29, 1.82) is 0 Å². The van der Waals surface area contributed by atoms with Crippen molar-refractivity contribution in [2.24, 2.45) is 0 Å². The third-order valence-electron chi connectivity index (χ3n) is 4.28. The van der Waals surface area contributed by atoms with Gasteiger partial charge in [-0.25, -0.2) is 0 Å². The number of rotatable bonds is 4. The fourth-order valence-electron chi connectivity index (χ4n) is 3.06. The Bertz CT molecular complexity index is 890. The molecule has 0 fully saturated rings. The third-order valence-corrected chi connectivity index (χ3v) is 5.09. The van der Waals surface area contributed by atoms with Crippen LogP contribution in [0.3, 0.4) is 0 Å². The predicted molar refractivity (Wildman–Crippen MR) is 93.2 cm³/mol. The van der Waals surface area contributed by atoms with Crippen LogP contribution >= 0.6 is 11.3 Å². The summed E-state index contributed by atoms with van der Waals surface area (Å²) >= 11 is 1.26. The fourth-order valence-corrected chi connectivity index (χ4v) is 3.75. The molecule has 4 rings (SSSR count). The SMILES string of the molecule is Nc1nnc(C(NC(=O)c2noc3c2CCCC3)c2ccccc2)s1. The molecule has 0 spiro atoms. The fraction of sp³-hybridized carbons (Fsp3) is 0.294. The van der Waals surface area contributed by atoms with E-state index in [-0.39, 0.29) is 5.91 Å². The zero-order valence-electron chi connectivity index (χ0n) is 13.4. The van der Waals surface area contributed by atoms with Gasteiger partial charge in [0.1, 0.15) is 16.8 Å². The van der Waals surface area contributed by atoms with Crippen LogP contribution in [-0.2, 0) is 12.8 Å². The van der Waals surface area contributed by atoms with Crippen molar-refractivity contribution in [2.75, 3.05) is 5.73 Å². The second-order valence-corrected chi connectivity index (χ2v) is 6.98. The van der Waals surface area contributed by atoms with E-state index >= 15 is 0 Å². The molecule has 2 heterocycles. The van der Waals surface area contributed by atoms with Crippen LogP contribution in [0.4, 0.5) is 5.13 Å². The van der Waals surface area contributed by atoms with Gasteiger partial charge in [0, 0.05) is 12.0 Å². The van der Waals surface area contributed by atoms with Crippen LogP contribution in [-0.4, -0.2) is 21.3 Å². The van der Waals surface area contributed by atoms with Gasteiger partial charge >= 0.3 is 0 Å². The Morgan fingerprint density at radius 1 is 1.20 bits per heavy atom. The molecule has 2 aromatic heterocycles. The first-order chi connectivity index (χ1) is 12.2. The van der Waals surface area contributed by atoms with E-state index in [4.69, 9.17) is 10.3 Å². The molecule has 0 bridgehead atoms. The quantitative estimate of drug-likeness (QED) is 0.745. The molecule has 7 nitrogen and oxygen atoms in total. The van der Waals surface area contributed by atoms with E-state index in [0.717, 1.165) is 42.6 Å². The third kappa shape index (κ3) is 3.12. The smallest absolute Gasteiger partial charge is 0.274 e. The summed E-state index contributed by atoms with van der Waals surface area (Å²) in [7, 11) is 0. The van der Waals surface area contributed by atoms with Gasteiger partial charge in [0.15, 0.2) is 5.69 Å². The summed E-state index contributed by atoms with van der Waals surface area (Å²) in [6, 6.07) is 9.18. The predicted octanol–water partition coefficient (Wildman–Crippen LogP) is 2.51. The van der Waals surface area contributed by atoms with Crippen LogP contribution < -0.4 is 11.1 Å². The molecule has 3 aromatic rings. The number of nitrogens with zero attached hydrogens (tertiary/aromatic N) is 3. The maximum atomic E-state index is 12.8. The number of benzene rings is 1. The molecule has 1 aromatic carbocycles. The largest absolute Gasteiger partial charge is 0.374 e. The summed E-state index contributed by atoms with van der Waals surface area (Å²) in [5.41, 5.74) is 7.91. The Labute approximate surface area is 148 Å². The molecular weight excluding hydrogens is 338 g/mol. The average Bonchev–Trinajstić information content (AvgIpc) is 3.26. The Kier molecular flexibility index (Phi) is 4.19. The van der Waals surface area contributed by atoms with Crippen molar-refractivity contribution in [3.05, 3.63) is 57.9 Å². The molecule has 0 saturated carbocycles. The Hall–Kier alpha value is -2.74. The molecule has 3 N–H and O–H groups in total. The minimum atomic E-state index is -0.431. The van der Waals surface area contributed by atoms with Gasteiger partial charge in [-0.05, 0) is 24.8 Å². The highest BCUT2D eigenvalue weighted by atomic mass is 32.1. The number of hydrogen-bond donors (Lipinski definition) is 2. The Morgan fingerprint density at radius 3 is 2.76 bits per heavy atom. The first-order valence-corrected chi connectivity index (χ1v) is 8.96. The average molecular weight is 355 g/mol. The van der Waals surface area contributed by atoms with Crippen molar-refractivity contribution >= 4 is 22.4 Å². The van der Waals surface area contributed by atoms with E-state index < -0.39 is 6.04 Å². The van der Waals surface area contributed by atoms with Gasteiger partial charge < -0.3 is 15.6 Å². The molecule has 0 aliphatic heterocycles. The van der Waals surface area contributed by atoms with Crippen LogP contribution in [0.15, 0.2) is 34.9 Å². The van der Waals surface area contributed by atoms with Crippen molar-refractivity contribution in [3.63, 3.8) is 0 Å². The molecular formula is C17H17N5O2S. The highest BCUT2D eigenvalue weighted by molar-refractivity contribution is 7.15. The normalized spacial score (nSPS) is 14.7. The molecule has 8 heteroatoms. The maximum absolute atomic E-state index is 12.8. The van der Waals surface area contributed by atoms with Crippen molar-refractivity contribution in [3.8, 4) is 0 Å². The van der Waals surface area contributed by atoms with E-state index in [1.54, 1.807) is 0 Å². The highest BCUT2D eigenvalue weighted by Gasteiger charge is 2.27. The lowest BCUT2D eigenvalue weighted by Crippen LogP contribution is -2.30. The number of aromatic nitrogens is 3. The first kappa shape index (κ1) is 15.8. The van der Waals surface area contributed by atoms with E-state index in [0.29, 0.717) is 15.8 Å². The minimum absolute atomic E-state index is 0.269. The summed E-state index contributed by atoms with van der Waals surface area (Å²) in [6.45, 7) is 0. The lowest BCUT2D eigenvalue weighted by Gasteiger charge is -2.16.